The Bertz CT molecular complexity index is 426. The van der Waals surface area contributed by atoms with Gasteiger partial charge in [-0.2, -0.15) is 5.48 Å². The van der Waals surface area contributed by atoms with Crippen LogP contribution in [0.15, 0.2) is 12.1 Å². The first-order valence-corrected chi connectivity index (χ1v) is 5.49. The second kappa shape index (κ2) is 7.05. The van der Waals surface area contributed by atoms with Crippen LogP contribution in [0.2, 0.25) is 5.02 Å². The lowest BCUT2D eigenvalue weighted by Gasteiger charge is -2.13. The molecule has 0 saturated heterocycles. The van der Waals surface area contributed by atoms with Crippen LogP contribution >= 0.6 is 11.6 Å². The number of hydrogen-bond donors (Lipinski definition) is 2. The van der Waals surface area contributed by atoms with Crippen molar-refractivity contribution < 1.29 is 19.1 Å². The van der Waals surface area contributed by atoms with E-state index in [1.165, 1.54) is 14.2 Å². The molecule has 0 atom stereocenters. The van der Waals surface area contributed by atoms with Gasteiger partial charge in [-0.1, -0.05) is 11.6 Å². The highest BCUT2D eigenvalue weighted by molar-refractivity contribution is 6.32. The summed E-state index contributed by atoms with van der Waals surface area (Å²) >= 11 is 6.05. The maximum Gasteiger partial charge on any atom is 0.255 e. The Morgan fingerprint density at radius 1 is 1.44 bits per heavy atom. The highest BCUT2D eigenvalue weighted by Gasteiger charge is 2.12. The molecule has 0 bridgehead atoms. The SMILES string of the molecule is CONCc1cc(Cl)c(OCC(N)=O)c(OC)c1. The second-order valence-corrected chi connectivity index (χ2v) is 3.80. The standard InChI is InChI=1S/C11H15ClN2O4/c1-16-9-4-7(5-14-17-2)3-8(12)11(9)18-6-10(13)15/h3-4,14H,5-6H2,1-2H3,(H2,13,15). The Kier molecular flexibility index (Phi) is 5.70. The molecule has 1 aromatic rings. The Morgan fingerprint density at radius 3 is 2.72 bits per heavy atom. The van der Waals surface area contributed by atoms with Gasteiger partial charge in [0, 0.05) is 6.54 Å². The monoisotopic (exact) mass is 274 g/mol. The third-order valence-electron chi connectivity index (χ3n) is 2.07. The van der Waals surface area contributed by atoms with Crippen LogP contribution in [0.3, 0.4) is 0 Å². The van der Waals surface area contributed by atoms with E-state index in [9.17, 15) is 4.79 Å². The van der Waals surface area contributed by atoms with E-state index in [-0.39, 0.29) is 6.61 Å². The summed E-state index contributed by atoms with van der Waals surface area (Å²) in [4.78, 5) is 15.4. The Morgan fingerprint density at radius 2 is 2.17 bits per heavy atom. The first kappa shape index (κ1) is 14.6. The molecule has 0 aliphatic heterocycles. The molecule has 6 nitrogen and oxygen atoms in total. The molecule has 1 rings (SSSR count). The van der Waals surface area contributed by atoms with Gasteiger partial charge in [0.15, 0.2) is 18.1 Å². The fourth-order valence-corrected chi connectivity index (χ4v) is 1.60. The Hall–Kier alpha value is -1.50. The number of carbonyl (C=O) groups is 1. The number of methoxy groups -OCH3 is 1. The molecule has 0 heterocycles. The van der Waals surface area contributed by atoms with Crippen molar-refractivity contribution in [2.45, 2.75) is 6.54 Å². The summed E-state index contributed by atoms with van der Waals surface area (Å²) in [6.45, 7) is 0.203. The van der Waals surface area contributed by atoms with Gasteiger partial charge in [0.2, 0.25) is 0 Å². The third kappa shape index (κ3) is 4.06. The fourth-order valence-electron chi connectivity index (χ4n) is 1.31. The van der Waals surface area contributed by atoms with Crippen LogP contribution in [0.5, 0.6) is 11.5 Å². The summed E-state index contributed by atoms with van der Waals surface area (Å²) < 4.78 is 10.3. The molecule has 0 spiro atoms. The van der Waals surface area contributed by atoms with Gasteiger partial charge in [-0.15, -0.1) is 0 Å². The van der Waals surface area contributed by atoms with E-state index in [0.717, 1.165) is 5.56 Å². The number of carbonyl (C=O) groups excluding carboxylic acids is 1. The summed E-state index contributed by atoms with van der Waals surface area (Å²) in [6.07, 6.45) is 0. The average Bonchev–Trinajstić information content (AvgIpc) is 2.34. The summed E-state index contributed by atoms with van der Waals surface area (Å²) in [6, 6.07) is 3.42. The topological polar surface area (TPSA) is 82.8 Å². The maximum absolute atomic E-state index is 10.7. The summed E-state index contributed by atoms with van der Waals surface area (Å²) in [5.74, 6) is 0.133. The van der Waals surface area contributed by atoms with Crippen LogP contribution in [0, 0.1) is 0 Å². The van der Waals surface area contributed by atoms with Gasteiger partial charge in [-0.3, -0.25) is 4.79 Å². The molecule has 0 aliphatic carbocycles. The van der Waals surface area contributed by atoms with Crippen molar-refractivity contribution in [3.8, 4) is 11.5 Å². The highest BCUT2D eigenvalue weighted by Crippen LogP contribution is 2.36. The molecule has 1 aromatic carbocycles. The van der Waals surface area contributed by atoms with E-state index in [2.05, 4.69) is 5.48 Å². The van der Waals surface area contributed by atoms with Crippen LogP contribution in [0.25, 0.3) is 0 Å². The quantitative estimate of drug-likeness (QED) is 0.721. The van der Waals surface area contributed by atoms with Gasteiger partial charge in [-0.25, -0.2) is 0 Å². The number of nitrogens with two attached hydrogens (primary N) is 1. The van der Waals surface area contributed by atoms with Crippen molar-refractivity contribution in [3.05, 3.63) is 22.7 Å². The van der Waals surface area contributed by atoms with Crippen LogP contribution in [-0.2, 0) is 16.2 Å². The fraction of sp³-hybridized carbons (Fsp3) is 0.364. The predicted octanol–water partition coefficient (Wildman–Crippen LogP) is 0.864. The minimum atomic E-state index is -0.585. The minimum Gasteiger partial charge on any atom is -0.493 e. The summed E-state index contributed by atoms with van der Waals surface area (Å²) in [5.41, 5.74) is 8.54. The first-order chi connectivity index (χ1) is 8.58. The van der Waals surface area contributed by atoms with Crippen molar-refractivity contribution in [2.24, 2.45) is 5.73 Å². The lowest BCUT2D eigenvalue weighted by Crippen LogP contribution is -2.20. The molecule has 0 fully saturated rings. The zero-order valence-corrected chi connectivity index (χ0v) is 10.9. The molecule has 100 valence electrons. The van der Waals surface area contributed by atoms with E-state index in [4.69, 9.17) is 31.6 Å². The van der Waals surface area contributed by atoms with Crippen LogP contribution in [0.1, 0.15) is 5.56 Å². The first-order valence-electron chi connectivity index (χ1n) is 5.11. The number of benzene rings is 1. The number of primary amides is 1. The smallest absolute Gasteiger partial charge is 0.255 e. The van der Waals surface area contributed by atoms with Crippen LogP contribution < -0.4 is 20.7 Å². The molecule has 0 aromatic heterocycles. The third-order valence-corrected chi connectivity index (χ3v) is 2.35. The normalized spacial score (nSPS) is 10.2. The zero-order valence-electron chi connectivity index (χ0n) is 10.2. The van der Waals surface area contributed by atoms with E-state index in [1.807, 2.05) is 0 Å². The van der Waals surface area contributed by atoms with Crippen molar-refractivity contribution in [2.75, 3.05) is 20.8 Å². The maximum atomic E-state index is 10.7. The van der Waals surface area contributed by atoms with Crippen molar-refractivity contribution in [1.82, 2.24) is 5.48 Å². The molecular weight excluding hydrogens is 260 g/mol. The number of hydrogen-bond acceptors (Lipinski definition) is 5. The number of hydroxylamine groups is 1. The van der Waals surface area contributed by atoms with Crippen molar-refractivity contribution in [3.63, 3.8) is 0 Å². The number of nitrogens with one attached hydrogen (secondary N) is 1. The van der Waals surface area contributed by atoms with Gasteiger partial charge in [0.1, 0.15) is 0 Å². The molecule has 3 N–H and O–H groups in total. The average molecular weight is 275 g/mol. The number of halogens is 1. The van der Waals surface area contributed by atoms with Crippen molar-refractivity contribution >= 4 is 17.5 Å². The van der Waals surface area contributed by atoms with Gasteiger partial charge in [-0.05, 0) is 17.7 Å². The number of rotatable bonds is 7. The summed E-state index contributed by atoms with van der Waals surface area (Å²) in [5, 5.41) is 0.337. The molecule has 1 amide bonds. The molecule has 0 saturated carbocycles. The van der Waals surface area contributed by atoms with Gasteiger partial charge in [0.25, 0.3) is 5.91 Å². The lowest BCUT2D eigenvalue weighted by molar-refractivity contribution is -0.119. The predicted molar refractivity (Wildman–Crippen MR) is 66.5 cm³/mol. The highest BCUT2D eigenvalue weighted by atomic mass is 35.5. The Balaban J connectivity index is 2.92. The molecule has 0 radical (unpaired) electrons. The molecule has 18 heavy (non-hydrogen) atoms. The van der Waals surface area contributed by atoms with E-state index >= 15 is 0 Å². The van der Waals surface area contributed by atoms with E-state index in [1.54, 1.807) is 12.1 Å². The van der Waals surface area contributed by atoms with Gasteiger partial charge in [0.05, 0.1) is 19.2 Å². The Labute approximate surface area is 110 Å². The molecule has 0 unspecified atom stereocenters. The van der Waals surface area contributed by atoms with Crippen molar-refractivity contribution in [1.29, 1.82) is 0 Å². The van der Waals surface area contributed by atoms with Crippen LogP contribution in [-0.4, -0.2) is 26.7 Å². The molecule has 7 heteroatoms. The van der Waals surface area contributed by atoms with Crippen LogP contribution in [0.4, 0.5) is 0 Å². The largest absolute Gasteiger partial charge is 0.493 e. The lowest BCUT2D eigenvalue weighted by atomic mass is 10.2. The second-order valence-electron chi connectivity index (χ2n) is 3.39. The van der Waals surface area contributed by atoms with E-state index < -0.39 is 5.91 Å². The summed E-state index contributed by atoms with van der Waals surface area (Å²) in [7, 11) is 3.00. The molecular formula is C11H15ClN2O4. The molecule has 0 aliphatic rings. The van der Waals surface area contributed by atoms with E-state index in [0.29, 0.717) is 23.1 Å². The van der Waals surface area contributed by atoms with Gasteiger partial charge >= 0.3 is 0 Å². The van der Waals surface area contributed by atoms with Gasteiger partial charge < -0.3 is 20.0 Å². The number of amides is 1. The zero-order chi connectivity index (χ0) is 13.5. The minimum absolute atomic E-state index is 0.258. The number of ether oxygens (including phenoxy) is 2.